The third-order valence-electron chi connectivity index (χ3n) is 5.57. The van der Waals surface area contributed by atoms with Gasteiger partial charge in [0.15, 0.2) is 0 Å². The lowest BCUT2D eigenvalue weighted by Gasteiger charge is -2.27. The number of nitrogens with zero attached hydrogens (tertiary/aromatic N) is 2. The summed E-state index contributed by atoms with van der Waals surface area (Å²) < 4.78 is 19.5. The molecular formula is C27H28ClFN2O3. The van der Waals surface area contributed by atoms with Crippen molar-refractivity contribution in [1.82, 2.24) is 4.90 Å². The Hall–Kier alpha value is -2.77. The minimum Gasteiger partial charge on any atom is -0.390 e. The van der Waals surface area contributed by atoms with Gasteiger partial charge in [0.2, 0.25) is 0 Å². The van der Waals surface area contributed by atoms with Gasteiger partial charge in [-0.25, -0.2) is 4.39 Å². The van der Waals surface area contributed by atoms with Crippen molar-refractivity contribution in [2.24, 2.45) is 5.16 Å². The molecule has 3 aromatic carbocycles. The van der Waals surface area contributed by atoms with Gasteiger partial charge in [-0.15, -0.1) is 0 Å². The van der Waals surface area contributed by atoms with E-state index in [1.54, 1.807) is 6.07 Å². The van der Waals surface area contributed by atoms with E-state index in [0.717, 1.165) is 22.4 Å². The molecule has 0 bridgehead atoms. The van der Waals surface area contributed by atoms with Gasteiger partial charge < -0.3 is 14.7 Å². The Morgan fingerprint density at radius 1 is 1.06 bits per heavy atom. The number of halogens is 2. The van der Waals surface area contributed by atoms with E-state index in [4.69, 9.17) is 21.2 Å². The smallest absolute Gasteiger partial charge is 0.145 e. The van der Waals surface area contributed by atoms with Crippen LogP contribution in [0.15, 0.2) is 84.0 Å². The average molecular weight is 483 g/mol. The highest BCUT2D eigenvalue weighted by atomic mass is 35.5. The number of oxime groups is 1. The first-order valence-electron chi connectivity index (χ1n) is 11.3. The Labute approximate surface area is 204 Å². The van der Waals surface area contributed by atoms with Crippen molar-refractivity contribution < 1.29 is 19.1 Å². The van der Waals surface area contributed by atoms with Gasteiger partial charge in [0.25, 0.3) is 0 Å². The minimum absolute atomic E-state index is 0.196. The highest BCUT2D eigenvalue weighted by Crippen LogP contribution is 2.24. The molecule has 2 atom stereocenters. The number of aliphatic hydroxyl groups excluding tert-OH is 1. The summed E-state index contributed by atoms with van der Waals surface area (Å²) in [6.07, 6.45) is -0.302. The Kier molecular flexibility index (Phi) is 8.66. The van der Waals surface area contributed by atoms with Crippen LogP contribution >= 0.6 is 11.6 Å². The van der Waals surface area contributed by atoms with Crippen molar-refractivity contribution in [3.63, 3.8) is 0 Å². The molecule has 0 saturated carbocycles. The van der Waals surface area contributed by atoms with Crippen LogP contribution < -0.4 is 0 Å². The number of hydrogen-bond acceptors (Lipinski definition) is 5. The summed E-state index contributed by atoms with van der Waals surface area (Å²) in [6.45, 7) is 1.97. The third-order valence-corrected chi connectivity index (χ3v) is 5.90. The van der Waals surface area contributed by atoms with E-state index in [-0.39, 0.29) is 18.5 Å². The molecule has 4 rings (SSSR count). The molecular weight excluding hydrogens is 455 g/mol. The van der Waals surface area contributed by atoms with Crippen molar-refractivity contribution in [1.29, 1.82) is 0 Å². The highest BCUT2D eigenvalue weighted by molar-refractivity contribution is 6.34. The van der Waals surface area contributed by atoms with Gasteiger partial charge in [-0.1, -0.05) is 77.4 Å². The van der Waals surface area contributed by atoms with Gasteiger partial charge in [0.05, 0.1) is 25.0 Å². The zero-order valence-electron chi connectivity index (χ0n) is 18.8. The molecule has 0 spiro atoms. The Balaban J connectivity index is 1.35. The van der Waals surface area contributed by atoms with Crippen molar-refractivity contribution in [2.45, 2.75) is 31.8 Å². The van der Waals surface area contributed by atoms with Gasteiger partial charge in [0.1, 0.15) is 11.9 Å². The van der Waals surface area contributed by atoms with Crippen molar-refractivity contribution >= 4 is 17.3 Å². The second-order valence-corrected chi connectivity index (χ2v) is 8.84. The van der Waals surface area contributed by atoms with Gasteiger partial charge >= 0.3 is 0 Å². The molecule has 1 aliphatic heterocycles. The molecule has 0 amide bonds. The van der Waals surface area contributed by atoms with Gasteiger partial charge in [-0.3, -0.25) is 4.90 Å². The van der Waals surface area contributed by atoms with E-state index < -0.39 is 6.10 Å². The molecule has 5 nitrogen and oxygen atoms in total. The van der Waals surface area contributed by atoms with Crippen LogP contribution in [0.3, 0.4) is 0 Å². The zero-order valence-corrected chi connectivity index (χ0v) is 19.6. The molecule has 0 aromatic heterocycles. The fourth-order valence-electron chi connectivity index (χ4n) is 4.00. The summed E-state index contributed by atoms with van der Waals surface area (Å²) in [5.41, 5.74) is 3.53. The van der Waals surface area contributed by atoms with E-state index in [1.807, 2.05) is 65.6 Å². The summed E-state index contributed by atoms with van der Waals surface area (Å²) in [5.74, 6) is -0.286. The largest absolute Gasteiger partial charge is 0.390 e. The first-order chi connectivity index (χ1) is 16.6. The van der Waals surface area contributed by atoms with E-state index in [0.29, 0.717) is 37.7 Å². The van der Waals surface area contributed by atoms with Gasteiger partial charge in [-0.05, 0) is 29.3 Å². The predicted molar refractivity (Wildman–Crippen MR) is 131 cm³/mol. The van der Waals surface area contributed by atoms with Crippen LogP contribution in [0, 0.1) is 5.82 Å². The lowest BCUT2D eigenvalue weighted by atomic mass is 10.0. The standard InChI is InChI=1S/C27H28ClFN2O3/c28-26-12-5-4-11-25(26)27-14-24(34-30-27)17-31(15-21-9-6-10-22(29)13-21)16-23(32)19-33-18-20-7-2-1-3-8-20/h1-13,23-24,32H,14-19H2. The lowest BCUT2D eigenvalue weighted by molar-refractivity contribution is -0.00650. The molecule has 0 aliphatic carbocycles. The number of benzene rings is 3. The first kappa shape index (κ1) is 24.4. The second kappa shape index (κ2) is 12.1. The number of rotatable bonds is 11. The topological polar surface area (TPSA) is 54.3 Å². The van der Waals surface area contributed by atoms with E-state index in [1.165, 1.54) is 12.1 Å². The first-order valence-corrected chi connectivity index (χ1v) is 11.7. The van der Waals surface area contributed by atoms with Crippen molar-refractivity contribution in [2.75, 3.05) is 19.7 Å². The van der Waals surface area contributed by atoms with Crippen LogP contribution in [0.25, 0.3) is 0 Å². The maximum absolute atomic E-state index is 13.7. The lowest BCUT2D eigenvalue weighted by Crippen LogP contribution is -2.39. The van der Waals surface area contributed by atoms with Gasteiger partial charge in [0, 0.05) is 36.6 Å². The molecule has 0 fully saturated rings. The summed E-state index contributed by atoms with van der Waals surface area (Å²) in [7, 11) is 0. The van der Waals surface area contributed by atoms with Crippen LogP contribution in [0.5, 0.6) is 0 Å². The van der Waals surface area contributed by atoms with Crippen LogP contribution in [-0.2, 0) is 22.7 Å². The second-order valence-electron chi connectivity index (χ2n) is 8.43. The molecule has 1 aliphatic rings. The summed E-state index contributed by atoms with van der Waals surface area (Å²) in [4.78, 5) is 7.73. The Bertz CT molecular complexity index is 1100. The van der Waals surface area contributed by atoms with Crippen LogP contribution in [0.4, 0.5) is 4.39 Å². The van der Waals surface area contributed by atoms with Crippen molar-refractivity contribution in [3.05, 3.63) is 106 Å². The maximum Gasteiger partial charge on any atom is 0.145 e. The summed E-state index contributed by atoms with van der Waals surface area (Å²) in [5, 5.41) is 15.5. The predicted octanol–water partition coefficient (Wildman–Crippen LogP) is 5.05. The van der Waals surface area contributed by atoms with Gasteiger partial charge in [-0.2, -0.15) is 0 Å². The Morgan fingerprint density at radius 2 is 1.82 bits per heavy atom. The highest BCUT2D eigenvalue weighted by Gasteiger charge is 2.26. The molecule has 2 unspecified atom stereocenters. The summed E-state index contributed by atoms with van der Waals surface area (Å²) in [6, 6.07) is 23.9. The van der Waals surface area contributed by atoms with Crippen LogP contribution in [0.2, 0.25) is 5.02 Å². The van der Waals surface area contributed by atoms with E-state index in [9.17, 15) is 9.50 Å². The van der Waals surface area contributed by atoms with E-state index >= 15 is 0 Å². The molecule has 178 valence electrons. The minimum atomic E-state index is -0.706. The molecule has 0 saturated heterocycles. The molecule has 7 heteroatoms. The summed E-state index contributed by atoms with van der Waals surface area (Å²) >= 11 is 6.31. The zero-order chi connectivity index (χ0) is 23.8. The fourth-order valence-corrected chi connectivity index (χ4v) is 4.25. The van der Waals surface area contributed by atoms with E-state index in [2.05, 4.69) is 5.16 Å². The van der Waals surface area contributed by atoms with Crippen LogP contribution in [0.1, 0.15) is 23.1 Å². The normalized spacial score (nSPS) is 16.4. The van der Waals surface area contributed by atoms with Crippen LogP contribution in [-0.4, -0.2) is 47.6 Å². The quantitative estimate of drug-likeness (QED) is 0.415. The number of aliphatic hydroxyl groups is 1. The monoisotopic (exact) mass is 482 g/mol. The SMILES string of the molecule is OC(COCc1ccccc1)CN(Cc1cccc(F)c1)CC1CC(c2ccccc2Cl)=NO1. The average Bonchev–Trinajstić information content (AvgIpc) is 3.28. The molecule has 1 N–H and O–H groups in total. The maximum atomic E-state index is 13.7. The molecule has 3 aromatic rings. The molecule has 1 heterocycles. The molecule has 0 radical (unpaired) electrons. The Morgan fingerprint density at radius 3 is 2.62 bits per heavy atom. The number of hydrogen-bond donors (Lipinski definition) is 1. The fraction of sp³-hybridized carbons (Fsp3) is 0.296. The van der Waals surface area contributed by atoms with Crippen molar-refractivity contribution in [3.8, 4) is 0 Å². The molecule has 34 heavy (non-hydrogen) atoms. The number of ether oxygens (including phenoxy) is 1. The third kappa shape index (κ3) is 7.11.